The number of hydrogen-bond donors (Lipinski definition) is 1. The molecule has 28 heavy (non-hydrogen) atoms. The Hall–Kier alpha value is -2.44. The van der Waals surface area contributed by atoms with Crippen molar-refractivity contribution in [2.45, 2.75) is 50.9 Å². The summed E-state index contributed by atoms with van der Waals surface area (Å²) in [5.74, 6) is 1.53. The van der Waals surface area contributed by atoms with E-state index in [2.05, 4.69) is 33.2 Å². The molecule has 3 heterocycles. The third kappa shape index (κ3) is 3.50. The molecule has 3 aromatic rings. The number of rotatable bonds is 6. The molecule has 0 bridgehead atoms. The van der Waals surface area contributed by atoms with Crippen LogP contribution >= 0.6 is 0 Å². The number of hydrogen-bond acceptors (Lipinski definition) is 4. The second-order valence-corrected chi connectivity index (χ2v) is 8.07. The number of aromatic nitrogens is 3. The van der Waals surface area contributed by atoms with Gasteiger partial charge in [-0.05, 0) is 18.4 Å². The van der Waals surface area contributed by atoms with Gasteiger partial charge >= 0.3 is 0 Å². The van der Waals surface area contributed by atoms with E-state index in [-0.39, 0.29) is 11.7 Å². The van der Waals surface area contributed by atoms with Crippen molar-refractivity contribution in [1.82, 2.24) is 19.3 Å². The predicted molar refractivity (Wildman–Crippen MR) is 107 cm³/mol. The highest BCUT2D eigenvalue weighted by Gasteiger charge is 2.28. The highest BCUT2D eigenvalue weighted by atomic mass is 16.5. The van der Waals surface area contributed by atoms with Gasteiger partial charge in [-0.15, -0.1) is 0 Å². The van der Waals surface area contributed by atoms with E-state index in [1.807, 2.05) is 22.6 Å². The molecule has 0 atom stereocenters. The molecule has 1 aromatic carbocycles. The molecule has 0 amide bonds. The van der Waals surface area contributed by atoms with E-state index in [1.54, 1.807) is 6.20 Å². The van der Waals surface area contributed by atoms with Crippen molar-refractivity contribution in [3.8, 4) is 0 Å². The smallest absolute Gasteiger partial charge is 0.274 e. The van der Waals surface area contributed by atoms with Gasteiger partial charge in [0.1, 0.15) is 11.3 Å². The molecular formula is C22H26N4O2. The molecule has 6 heteroatoms. The van der Waals surface area contributed by atoms with Gasteiger partial charge in [-0.2, -0.15) is 0 Å². The molecular weight excluding hydrogens is 352 g/mol. The van der Waals surface area contributed by atoms with Crippen LogP contribution in [-0.4, -0.2) is 38.5 Å². The molecule has 0 unspecified atom stereocenters. The van der Waals surface area contributed by atoms with Crippen molar-refractivity contribution >= 4 is 5.52 Å². The SMILES string of the molecule is O=c1[nH]c(CN2CC(OCc3ccccc3)C2)cn2c(C3CCCC3)ncc12. The Labute approximate surface area is 164 Å². The first-order chi connectivity index (χ1) is 13.8. The average Bonchev–Trinajstić information content (AvgIpc) is 3.34. The van der Waals surface area contributed by atoms with Gasteiger partial charge in [0.15, 0.2) is 0 Å². The van der Waals surface area contributed by atoms with E-state index in [4.69, 9.17) is 4.74 Å². The maximum Gasteiger partial charge on any atom is 0.274 e. The number of imidazole rings is 1. The van der Waals surface area contributed by atoms with Gasteiger partial charge in [0.2, 0.25) is 0 Å². The molecule has 146 valence electrons. The topological polar surface area (TPSA) is 62.6 Å². The molecule has 2 aliphatic rings. The van der Waals surface area contributed by atoms with E-state index in [9.17, 15) is 4.79 Å². The molecule has 0 spiro atoms. The largest absolute Gasteiger partial charge is 0.371 e. The quantitative estimate of drug-likeness (QED) is 0.716. The molecule has 2 fully saturated rings. The average molecular weight is 378 g/mol. The lowest BCUT2D eigenvalue weighted by Gasteiger charge is -2.38. The Morgan fingerprint density at radius 3 is 2.71 bits per heavy atom. The van der Waals surface area contributed by atoms with Gasteiger partial charge in [-0.1, -0.05) is 43.2 Å². The van der Waals surface area contributed by atoms with Crippen molar-refractivity contribution in [3.63, 3.8) is 0 Å². The Balaban J connectivity index is 1.22. The van der Waals surface area contributed by atoms with Gasteiger partial charge in [-0.3, -0.25) is 14.1 Å². The fourth-order valence-corrected chi connectivity index (χ4v) is 4.43. The first-order valence-corrected chi connectivity index (χ1v) is 10.2. The van der Waals surface area contributed by atoms with E-state index < -0.39 is 0 Å². The highest BCUT2D eigenvalue weighted by Crippen LogP contribution is 2.33. The van der Waals surface area contributed by atoms with Gasteiger partial charge in [0.25, 0.3) is 5.56 Å². The normalized spacial score (nSPS) is 18.7. The summed E-state index contributed by atoms with van der Waals surface area (Å²) in [6.45, 7) is 3.18. The van der Waals surface area contributed by atoms with Gasteiger partial charge in [0, 0.05) is 37.4 Å². The second kappa shape index (κ2) is 7.53. The van der Waals surface area contributed by atoms with E-state index in [1.165, 1.54) is 31.2 Å². The van der Waals surface area contributed by atoms with E-state index >= 15 is 0 Å². The fourth-order valence-electron chi connectivity index (χ4n) is 4.43. The van der Waals surface area contributed by atoms with Crippen LogP contribution in [0.4, 0.5) is 0 Å². The molecule has 2 aromatic heterocycles. The summed E-state index contributed by atoms with van der Waals surface area (Å²) in [4.78, 5) is 22.4. The van der Waals surface area contributed by atoms with Crippen LogP contribution < -0.4 is 5.56 Å². The van der Waals surface area contributed by atoms with Crippen molar-refractivity contribution in [2.24, 2.45) is 0 Å². The number of nitrogens with zero attached hydrogens (tertiary/aromatic N) is 3. The van der Waals surface area contributed by atoms with Crippen LogP contribution in [0.25, 0.3) is 5.52 Å². The van der Waals surface area contributed by atoms with Crippen LogP contribution in [0.15, 0.2) is 47.5 Å². The fraction of sp³-hybridized carbons (Fsp3) is 0.455. The summed E-state index contributed by atoms with van der Waals surface area (Å²) < 4.78 is 7.99. The first-order valence-electron chi connectivity index (χ1n) is 10.2. The Bertz CT molecular complexity index is 998. The number of benzene rings is 1. The number of nitrogens with one attached hydrogen (secondary N) is 1. The van der Waals surface area contributed by atoms with Crippen LogP contribution in [0.3, 0.4) is 0 Å². The zero-order chi connectivity index (χ0) is 18.9. The highest BCUT2D eigenvalue weighted by molar-refractivity contribution is 5.44. The van der Waals surface area contributed by atoms with Crippen LogP contribution in [0, 0.1) is 0 Å². The summed E-state index contributed by atoms with van der Waals surface area (Å²) in [5.41, 5.74) is 2.75. The summed E-state index contributed by atoms with van der Waals surface area (Å²) in [6, 6.07) is 10.3. The van der Waals surface area contributed by atoms with Crippen molar-refractivity contribution in [2.75, 3.05) is 13.1 Å². The van der Waals surface area contributed by atoms with E-state index in [0.717, 1.165) is 31.2 Å². The summed E-state index contributed by atoms with van der Waals surface area (Å²) in [6.07, 6.45) is 8.91. The standard InChI is InChI=1S/C22H26N4O2/c27-22-20-10-23-21(17-8-4-5-9-17)26(20)12-18(24-22)11-25-13-19(14-25)28-15-16-6-2-1-3-7-16/h1-3,6-7,10,12,17,19H,4-5,8-9,11,13-15H2,(H,24,27). The van der Waals surface area contributed by atoms with E-state index in [0.29, 0.717) is 18.0 Å². The number of likely N-dealkylation sites (tertiary alicyclic amines) is 1. The van der Waals surface area contributed by atoms with Crippen molar-refractivity contribution in [1.29, 1.82) is 0 Å². The summed E-state index contributed by atoms with van der Waals surface area (Å²) >= 11 is 0. The van der Waals surface area contributed by atoms with Crippen LogP contribution in [0.5, 0.6) is 0 Å². The zero-order valence-corrected chi connectivity index (χ0v) is 16.0. The number of aromatic amines is 1. The van der Waals surface area contributed by atoms with Crippen LogP contribution in [-0.2, 0) is 17.9 Å². The molecule has 1 aliphatic carbocycles. The minimum absolute atomic E-state index is 0.0494. The van der Waals surface area contributed by atoms with Gasteiger partial charge in [0.05, 0.1) is 18.9 Å². The van der Waals surface area contributed by atoms with Crippen LogP contribution in [0.2, 0.25) is 0 Å². The third-order valence-electron chi connectivity index (χ3n) is 5.98. The zero-order valence-electron chi connectivity index (χ0n) is 16.0. The number of ether oxygens (including phenoxy) is 1. The molecule has 1 N–H and O–H groups in total. The second-order valence-electron chi connectivity index (χ2n) is 8.07. The summed E-state index contributed by atoms with van der Waals surface area (Å²) in [5, 5.41) is 0. The molecule has 1 saturated heterocycles. The Morgan fingerprint density at radius 2 is 1.93 bits per heavy atom. The number of fused-ring (bicyclic) bond motifs is 1. The maximum absolute atomic E-state index is 12.5. The van der Waals surface area contributed by atoms with Crippen LogP contribution in [0.1, 0.15) is 48.7 Å². The molecule has 5 rings (SSSR count). The van der Waals surface area contributed by atoms with Crippen molar-refractivity contribution < 1.29 is 4.74 Å². The lowest BCUT2D eigenvalue weighted by atomic mass is 10.1. The number of H-pyrrole nitrogens is 1. The Kier molecular flexibility index (Phi) is 4.74. The van der Waals surface area contributed by atoms with Crippen molar-refractivity contribution in [3.05, 3.63) is 70.2 Å². The predicted octanol–water partition coefficient (Wildman–Crippen LogP) is 3.08. The molecule has 1 saturated carbocycles. The van der Waals surface area contributed by atoms with Gasteiger partial charge in [-0.25, -0.2) is 4.98 Å². The third-order valence-corrected chi connectivity index (χ3v) is 5.98. The molecule has 6 nitrogen and oxygen atoms in total. The first kappa shape index (κ1) is 17.6. The molecule has 0 radical (unpaired) electrons. The minimum Gasteiger partial charge on any atom is -0.371 e. The Morgan fingerprint density at radius 1 is 1.14 bits per heavy atom. The summed E-state index contributed by atoms with van der Waals surface area (Å²) in [7, 11) is 0. The lowest BCUT2D eigenvalue weighted by molar-refractivity contribution is -0.0663. The minimum atomic E-state index is -0.0494. The lowest BCUT2D eigenvalue weighted by Crippen LogP contribution is -2.51. The maximum atomic E-state index is 12.5. The monoisotopic (exact) mass is 378 g/mol. The van der Waals surface area contributed by atoms with Gasteiger partial charge < -0.3 is 9.72 Å². The molecule has 1 aliphatic heterocycles.